The third-order valence-corrected chi connectivity index (χ3v) is 7.33. The third-order valence-electron chi connectivity index (χ3n) is 7.33. The fourth-order valence-electron chi connectivity index (χ4n) is 5.20. The lowest BCUT2D eigenvalue weighted by molar-refractivity contribution is -0.140. The average Bonchev–Trinajstić information content (AvgIpc) is 3.48. The summed E-state index contributed by atoms with van der Waals surface area (Å²) in [4.78, 5) is 46.2. The van der Waals surface area contributed by atoms with Crippen LogP contribution in [0.2, 0.25) is 0 Å². The number of rotatable bonds is 9. The van der Waals surface area contributed by atoms with Crippen molar-refractivity contribution in [3.63, 3.8) is 0 Å². The third kappa shape index (κ3) is 6.88. The largest absolute Gasteiger partial charge is 0.508 e. The Balaban J connectivity index is 1.29. The average molecular weight is 552 g/mol. The van der Waals surface area contributed by atoms with Gasteiger partial charge in [-0.1, -0.05) is 48.5 Å². The maximum atomic E-state index is 13.5. The van der Waals surface area contributed by atoms with Crippen LogP contribution in [0.15, 0.2) is 91.1 Å². The molecule has 2 heterocycles. The predicted molar refractivity (Wildman–Crippen MR) is 157 cm³/mol. The number of carbonyl (C=O) groups is 3. The maximum Gasteiger partial charge on any atom is 0.247 e. The molecule has 1 saturated heterocycles. The lowest BCUT2D eigenvalue weighted by Crippen LogP contribution is -2.55. The number of amides is 3. The molecule has 1 aromatic heterocycles. The van der Waals surface area contributed by atoms with Crippen molar-refractivity contribution in [2.75, 3.05) is 11.9 Å². The van der Waals surface area contributed by atoms with E-state index >= 15 is 0 Å². The van der Waals surface area contributed by atoms with Crippen LogP contribution in [0.4, 0.5) is 5.69 Å². The highest BCUT2D eigenvalue weighted by Crippen LogP contribution is 2.21. The molecule has 1 aliphatic rings. The van der Waals surface area contributed by atoms with Crippen molar-refractivity contribution in [2.45, 2.75) is 43.8 Å². The number of hydrogen-bond acceptors (Lipinski definition) is 6. The van der Waals surface area contributed by atoms with Gasteiger partial charge in [0.05, 0.1) is 11.6 Å². The minimum Gasteiger partial charge on any atom is -0.508 e. The molecule has 3 aromatic carbocycles. The summed E-state index contributed by atoms with van der Waals surface area (Å²) in [5, 5.41) is 16.3. The Labute approximate surface area is 238 Å². The number of likely N-dealkylation sites (tertiary alicyclic amines) is 1. The number of nitrogens with zero attached hydrogens (tertiary/aromatic N) is 2. The molecule has 0 spiro atoms. The summed E-state index contributed by atoms with van der Waals surface area (Å²) >= 11 is 0. The van der Waals surface area contributed by atoms with Crippen molar-refractivity contribution < 1.29 is 19.5 Å². The molecule has 0 bridgehead atoms. The minimum atomic E-state index is -0.863. The summed E-state index contributed by atoms with van der Waals surface area (Å²) in [6, 6.07) is 22.8. The molecule has 4 aromatic rings. The van der Waals surface area contributed by atoms with Gasteiger partial charge in [0.15, 0.2) is 0 Å². The lowest BCUT2D eigenvalue weighted by atomic mass is 10.0. The van der Waals surface area contributed by atoms with Gasteiger partial charge >= 0.3 is 0 Å². The monoisotopic (exact) mass is 551 g/mol. The van der Waals surface area contributed by atoms with E-state index in [0.717, 1.165) is 22.0 Å². The molecule has 3 amide bonds. The van der Waals surface area contributed by atoms with Gasteiger partial charge in [0.1, 0.15) is 17.8 Å². The molecular weight excluding hydrogens is 518 g/mol. The molecule has 9 nitrogen and oxygen atoms in total. The number of benzene rings is 3. The zero-order valence-electron chi connectivity index (χ0n) is 22.6. The van der Waals surface area contributed by atoms with Gasteiger partial charge < -0.3 is 26.4 Å². The van der Waals surface area contributed by atoms with Crippen LogP contribution in [0.1, 0.15) is 24.0 Å². The van der Waals surface area contributed by atoms with Crippen LogP contribution < -0.4 is 16.4 Å². The second kappa shape index (κ2) is 12.6. The molecule has 0 unspecified atom stereocenters. The number of nitrogens with one attached hydrogen (secondary N) is 2. The molecule has 0 saturated carbocycles. The van der Waals surface area contributed by atoms with E-state index in [1.807, 2.05) is 54.6 Å². The Kier molecular flexibility index (Phi) is 8.55. The summed E-state index contributed by atoms with van der Waals surface area (Å²) in [5.74, 6) is -0.918. The van der Waals surface area contributed by atoms with Crippen molar-refractivity contribution in [2.24, 2.45) is 5.73 Å². The number of aromatic hydroxyl groups is 1. The zero-order chi connectivity index (χ0) is 28.8. The number of anilines is 1. The van der Waals surface area contributed by atoms with Crippen LogP contribution in [0, 0.1) is 0 Å². The second-order valence-corrected chi connectivity index (χ2v) is 10.3. The number of pyridine rings is 1. The van der Waals surface area contributed by atoms with Crippen LogP contribution in [-0.4, -0.2) is 57.4 Å². The Morgan fingerprint density at radius 3 is 2.49 bits per heavy atom. The molecule has 0 aliphatic carbocycles. The Morgan fingerprint density at radius 1 is 0.951 bits per heavy atom. The normalized spacial score (nSPS) is 16.2. The summed E-state index contributed by atoms with van der Waals surface area (Å²) in [6.07, 6.45) is 3.43. The number of aromatic nitrogens is 1. The molecule has 1 aliphatic heterocycles. The summed E-state index contributed by atoms with van der Waals surface area (Å²) in [6.45, 7) is 0.418. The highest BCUT2D eigenvalue weighted by molar-refractivity contribution is 6.00. The van der Waals surface area contributed by atoms with Crippen LogP contribution >= 0.6 is 0 Å². The van der Waals surface area contributed by atoms with Crippen molar-refractivity contribution in [1.82, 2.24) is 15.2 Å². The van der Waals surface area contributed by atoms with Gasteiger partial charge in [-0.05, 0) is 66.8 Å². The molecule has 41 heavy (non-hydrogen) atoms. The highest BCUT2D eigenvalue weighted by atomic mass is 16.3. The fraction of sp³-hybridized carbons (Fsp3) is 0.250. The number of fused-ring (bicyclic) bond motifs is 1. The van der Waals surface area contributed by atoms with Crippen LogP contribution in [0.25, 0.3) is 10.9 Å². The summed E-state index contributed by atoms with van der Waals surface area (Å²) in [5.41, 5.74) is 9.37. The quantitative estimate of drug-likeness (QED) is 0.252. The van der Waals surface area contributed by atoms with Gasteiger partial charge in [0, 0.05) is 30.2 Å². The van der Waals surface area contributed by atoms with E-state index in [4.69, 9.17) is 5.73 Å². The van der Waals surface area contributed by atoms with E-state index < -0.39 is 18.1 Å². The van der Waals surface area contributed by atoms with Crippen LogP contribution in [0.5, 0.6) is 5.75 Å². The molecule has 5 rings (SSSR count). The van der Waals surface area contributed by atoms with Gasteiger partial charge in [-0.3, -0.25) is 19.4 Å². The van der Waals surface area contributed by atoms with E-state index in [0.29, 0.717) is 25.1 Å². The first-order valence-electron chi connectivity index (χ1n) is 13.7. The fourth-order valence-corrected chi connectivity index (χ4v) is 5.20. The molecule has 0 radical (unpaired) electrons. The number of nitrogens with two attached hydrogens (primary N) is 1. The number of hydrogen-bond donors (Lipinski definition) is 4. The first kappa shape index (κ1) is 27.8. The second-order valence-electron chi connectivity index (χ2n) is 10.3. The Hall–Kier alpha value is -4.76. The van der Waals surface area contributed by atoms with Crippen molar-refractivity contribution >= 4 is 34.3 Å². The SMILES string of the molecule is N[C@@H](Cc1ccc(O)cc1)C(=O)N1CCC[C@H]1C(=O)N[C@@H](Cc1ccccc1)C(=O)Nc1ccc2ncccc2c1. The van der Waals surface area contributed by atoms with E-state index in [2.05, 4.69) is 15.6 Å². The number of carbonyl (C=O) groups excluding carboxylic acids is 3. The van der Waals surface area contributed by atoms with Crippen LogP contribution in [0.3, 0.4) is 0 Å². The standard InChI is InChI=1S/C32H33N5O4/c33-26(18-22-10-13-25(38)14-11-22)32(41)37-17-5-9-29(37)31(40)36-28(19-21-6-2-1-3-7-21)30(39)35-24-12-15-27-23(20-24)8-4-16-34-27/h1-4,6-8,10-16,20,26,28-29,38H,5,9,17-19,33H2,(H,35,39)(H,36,40)/t26-,28-,29-/m0/s1. The highest BCUT2D eigenvalue weighted by Gasteiger charge is 2.37. The Morgan fingerprint density at radius 2 is 1.71 bits per heavy atom. The topological polar surface area (TPSA) is 138 Å². The van der Waals surface area contributed by atoms with Gasteiger partial charge in [-0.15, -0.1) is 0 Å². The van der Waals surface area contributed by atoms with E-state index in [1.54, 1.807) is 36.5 Å². The van der Waals surface area contributed by atoms with Crippen LogP contribution in [-0.2, 0) is 27.2 Å². The van der Waals surface area contributed by atoms with Gasteiger partial charge in [0.25, 0.3) is 0 Å². The van der Waals surface area contributed by atoms with Gasteiger partial charge in [-0.2, -0.15) is 0 Å². The number of phenols is 1. The lowest BCUT2D eigenvalue weighted by Gasteiger charge is -2.28. The van der Waals surface area contributed by atoms with E-state index in [-0.39, 0.29) is 36.3 Å². The van der Waals surface area contributed by atoms with E-state index in [1.165, 1.54) is 4.90 Å². The van der Waals surface area contributed by atoms with Crippen molar-refractivity contribution in [3.05, 3.63) is 102 Å². The Bertz CT molecular complexity index is 1530. The zero-order valence-corrected chi connectivity index (χ0v) is 22.6. The minimum absolute atomic E-state index is 0.136. The maximum absolute atomic E-state index is 13.5. The predicted octanol–water partition coefficient (Wildman–Crippen LogP) is 3.17. The van der Waals surface area contributed by atoms with E-state index in [9.17, 15) is 19.5 Å². The summed E-state index contributed by atoms with van der Waals surface area (Å²) in [7, 11) is 0. The molecule has 1 fully saturated rings. The van der Waals surface area contributed by atoms with Crippen molar-refractivity contribution in [1.29, 1.82) is 0 Å². The molecule has 210 valence electrons. The first-order chi connectivity index (χ1) is 19.9. The molecule has 5 N–H and O–H groups in total. The molecule has 9 heteroatoms. The summed E-state index contributed by atoms with van der Waals surface area (Å²) < 4.78 is 0. The van der Waals surface area contributed by atoms with Gasteiger partial charge in [0.2, 0.25) is 17.7 Å². The number of phenolic OH excluding ortho intramolecular Hbond substituents is 1. The first-order valence-corrected chi connectivity index (χ1v) is 13.7. The molecule has 3 atom stereocenters. The smallest absolute Gasteiger partial charge is 0.247 e. The molecular formula is C32H33N5O4. The van der Waals surface area contributed by atoms with Gasteiger partial charge in [-0.25, -0.2) is 0 Å². The van der Waals surface area contributed by atoms with Crippen molar-refractivity contribution in [3.8, 4) is 5.75 Å².